The lowest BCUT2D eigenvalue weighted by molar-refractivity contribution is -0.149. The second-order valence-corrected chi connectivity index (χ2v) is 2.99. The van der Waals surface area contributed by atoms with Crippen LogP contribution in [0.4, 0.5) is 0 Å². The molecule has 0 amide bonds. The summed E-state index contributed by atoms with van der Waals surface area (Å²) in [6, 6.07) is 0. The fourth-order valence-corrected chi connectivity index (χ4v) is 1.55. The lowest BCUT2D eigenvalue weighted by Crippen LogP contribution is -2.01. The molecule has 0 spiro atoms. The minimum Gasteiger partial charge on any atom is -0.386 e. The quantitative estimate of drug-likeness (QED) is 0.398. The van der Waals surface area contributed by atoms with E-state index in [-0.39, 0.29) is 0 Å². The summed E-state index contributed by atoms with van der Waals surface area (Å²) < 4.78 is 4.47. The summed E-state index contributed by atoms with van der Waals surface area (Å²) >= 11 is 0. The third kappa shape index (κ3) is 0.826. The Hall–Kier alpha value is -1.38. The maximum absolute atomic E-state index is 11.1. The van der Waals surface area contributed by atoms with E-state index in [0.717, 1.165) is 18.4 Å². The first-order valence-electron chi connectivity index (χ1n) is 3.87. The van der Waals surface area contributed by atoms with Gasteiger partial charge >= 0.3 is 11.9 Å². The number of allylic oxidation sites excluding steroid dienone is 2. The van der Waals surface area contributed by atoms with E-state index in [2.05, 4.69) is 4.74 Å². The predicted octanol–water partition coefficient (Wildman–Crippen LogP) is 1.11. The number of esters is 2. The van der Waals surface area contributed by atoms with Crippen molar-refractivity contribution in [3.63, 3.8) is 0 Å². The van der Waals surface area contributed by atoms with Crippen molar-refractivity contribution in [2.75, 3.05) is 0 Å². The minimum atomic E-state index is -0.492. The molecule has 0 bridgehead atoms. The number of rotatable bonds is 0. The standard InChI is InChI=1S/C9H8O3/c1-5-3-2-4-6-7(5)9(11)12-8(6)10/h4H,2-3H2,1H3. The molecule has 3 heteroatoms. The van der Waals surface area contributed by atoms with Crippen LogP contribution in [-0.4, -0.2) is 11.9 Å². The molecule has 0 aromatic heterocycles. The summed E-state index contributed by atoms with van der Waals surface area (Å²) in [6.45, 7) is 1.86. The van der Waals surface area contributed by atoms with Crippen molar-refractivity contribution in [2.24, 2.45) is 0 Å². The van der Waals surface area contributed by atoms with Gasteiger partial charge in [-0.3, -0.25) is 0 Å². The smallest absolute Gasteiger partial charge is 0.346 e. The molecule has 12 heavy (non-hydrogen) atoms. The number of cyclic esters (lactones) is 2. The highest BCUT2D eigenvalue weighted by atomic mass is 16.6. The molecule has 1 aliphatic carbocycles. The third-order valence-corrected chi connectivity index (χ3v) is 2.17. The van der Waals surface area contributed by atoms with Crippen molar-refractivity contribution in [2.45, 2.75) is 19.8 Å². The Morgan fingerprint density at radius 2 is 2.08 bits per heavy atom. The summed E-state index contributed by atoms with van der Waals surface area (Å²) in [5, 5.41) is 0. The van der Waals surface area contributed by atoms with Crippen LogP contribution < -0.4 is 0 Å². The van der Waals surface area contributed by atoms with Crippen molar-refractivity contribution in [1.29, 1.82) is 0 Å². The maximum atomic E-state index is 11.1. The molecule has 0 atom stereocenters. The minimum absolute atomic E-state index is 0.462. The van der Waals surface area contributed by atoms with Crippen LogP contribution in [0.1, 0.15) is 19.8 Å². The van der Waals surface area contributed by atoms with Gasteiger partial charge < -0.3 is 4.74 Å². The predicted molar refractivity (Wildman–Crippen MR) is 41.1 cm³/mol. The summed E-state index contributed by atoms with van der Waals surface area (Å²) in [4.78, 5) is 22.1. The van der Waals surface area contributed by atoms with Gasteiger partial charge in [-0.25, -0.2) is 9.59 Å². The fourth-order valence-electron chi connectivity index (χ4n) is 1.55. The van der Waals surface area contributed by atoms with Gasteiger partial charge in [-0.05, 0) is 19.8 Å². The van der Waals surface area contributed by atoms with Gasteiger partial charge in [0, 0.05) is 0 Å². The molecule has 2 rings (SSSR count). The Kier molecular flexibility index (Phi) is 1.40. The zero-order chi connectivity index (χ0) is 8.72. The van der Waals surface area contributed by atoms with Crippen molar-refractivity contribution in [3.8, 4) is 0 Å². The first-order chi connectivity index (χ1) is 5.70. The third-order valence-electron chi connectivity index (χ3n) is 2.17. The van der Waals surface area contributed by atoms with Crippen molar-refractivity contribution < 1.29 is 14.3 Å². The Morgan fingerprint density at radius 3 is 2.75 bits per heavy atom. The van der Waals surface area contributed by atoms with Crippen LogP contribution in [-0.2, 0) is 14.3 Å². The Labute approximate surface area is 69.7 Å². The van der Waals surface area contributed by atoms with Crippen LogP contribution in [0.3, 0.4) is 0 Å². The van der Waals surface area contributed by atoms with Gasteiger partial charge in [-0.1, -0.05) is 11.6 Å². The second-order valence-electron chi connectivity index (χ2n) is 2.99. The van der Waals surface area contributed by atoms with Crippen LogP contribution in [0, 0.1) is 0 Å². The van der Waals surface area contributed by atoms with E-state index in [0.29, 0.717) is 11.1 Å². The topological polar surface area (TPSA) is 43.4 Å². The van der Waals surface area contributed by atoms with Gasteiger partial charge in [0.15, 0.2) is 0 Å². The number of carbonyl (C=O) groups excluding carboxylic acids is 2. The average Bonchev–Trinajstić information content (AvgIpc) is 2.29. The summed E-state index contributed by atoms with van der Waals surface area (Å²) in [7, 11) is 0. The number of ether oxygens (including phenoxy) is 1. The Morgan fingerprint density at radius 1 is 1.33 bits per heavy atom. The molecule has 0 aromatic rings. The average molecular weight is 164 g/mol. The molecule has 1 heterocycles. The summed E-state index contributed by atoms with van der Waals surface area (Å²) in [5.74, 6) is -0.975. The van der Waals surface area contributed by atoms with E-state index in [4.69, 9.17) is 0 Å². The van der Waals surface area contributed by atoms with E-state index >= 15 is 0 Å². The van der Waals surface area contributed by atoms with E-state index in [1.807, 2.05) is 6.92 Å². The molecule has 62 valence electrons. The molecule has 0 unspecified atom stereocenters. The van der Waals surface area contributed by atoms with Crippen LogP contribution >= 0.6 is 0 Å². The monoisotopic (exact) mass is 164 g/mol. The van der Waals surface area contributed by atoms with Gasteiger partial charge in [-0.15, -0.1) is 0 Å². The number of hydrogen-bond donors (Lipinski definition) is 0. The molecule has 1 fully saturated rings. The van der Waals surface area contributed by atoms with Crippen LogP contribution in [0.2, 0.25) is 0 Å². The van der Waals surface area contributed by atoms with Gasteiger partial charge in [0.05, 0.1) is 11.1 Å². The Balaban J connectivity index is 2.57. The molecule has 0 N–H and O–H groups in total. The Bertz CT molecular complexity index is 334. The lowest BCUT2D eigenvalue weighted by atomic mass is 9.93. The van der Waals surface area contributed by atoms with Crippen molar-refractivity contribution >= 4 is 11.9 Å². The lowest BCUT2D eigenvalue weighted by Gasteiger charge is -2.07. The molecule has 1 aliphatic heterocycles. The molecular formula is C9H8O3. The SMILES string of the molecule is CC1=C2C(=O)OC(=O)C2=CCC1. The summed E-state index contributed by atoms with van der Waals surface area (Å²) in [5.41, 5.74) is 1.92. The van der Waals surface area contributed by atoms with E-state index in [1.165, 1.54) is 0 Å². The zero-order valence-corrected chi connectivity index (χ0v) is 6.72. The zero-order valence-electron chi connectivity index (χ0n) is 6.72. The highest BCUT2D eigenvalue weighted by molar-refractivity contribution is 6.18. The molecule has 3 nitrogen and oxygen atoms in total. The number of fused-ring (bicyclic) bond motifs is 1. The van der Waals surface area contributed by atoms with E-state index in [9.17, 15) is 9.59 Å². The maximum Gasteiger partial charge on any atom is 0.346 e. The van der Waals surface area contributed by atoms with Crippen molar-refractivity contribution in [3.05, 3.63) is 22.8 Å². The van der Waals surface area contributed by atoms with Crippen LogP contribution in [0.25, 0.3) is 0 Å². The van der Waals surface area contributed by atoms with Crippen LogP contribution in [0.5, 0.6) is 0 Å². The number of carbonyl (C=O) groups is 2. The van der Waals surface area contributed by atoms with Crippen molar-refractivity contribution in [1.82, 2.24) is 0 Å². The number of hydrogen-bond acceptors (Lipinski definition) is 3. The first-order valence-corrected chi connectivity index (χ1v) is 3.87. The van der Waals surface area contributed by atoms with E-state index in [1.54, 1.807) is 6.08 Å². The van der Waals surface area contributed by atoms with Gasteiger partial charge in [0.2, 0.25) is 0 Å². The second kappa shape index (κ2) is 2.30. The van der Waals surface area contributed by atoms with Crippen LogP contribution in [0.15, 0.2) is 22.8 Å². The highest BCUT2D eigenvalue weighted by Gasteiger charge is 2.35. The molecule has 0 aromatic carbocycles. The molecule has 0 saturated carbocycles. The molecular weight excluding hydrogens is 156 g/mol. The summed E-state index contributed by atoms with van der Waals surface area (Å²) in [6.07, 6.45) is 3.45. The van der Waals surface area contributed by atoms with Gasteiger partial charge in [0.1, 0.15) is 0 Å². The van der Waals surface area contributed by atoms with Gasteiger partial charge in [0.25, 0.3) is 0 Å². The molecule has 1 saturated heterocycles. The molecule has 2 aliphatic rings. The first kappa shape index (κ1) is 7.28. The largest absolute Gasteiger partial charge is 0.386 e. The van der Waals surface area contributed by atoms with Gasteiger partial charge in [-0.2, -0.15) is 0 Å². The normalized spacial score (nSPS) is 22.2. The fraction of sp³-hybridized carbons (Fsp3) is 0.333. The van der Waals surface area contributed by atoms with E-state index < -0.39 is 11.9 Å². The highest BCUT2D eigenvalue weighted by Crippen LogP contribution is 2.31. The molecule has 0 radical (unpaired) electrons.